The van der Waals surface area contributed by atoms with Crippen molar-refractivity contribution in [1.29, 1.82) is 0 Å². The van der Waals surface area contributed by atoms with Gasteiger partial charge in [-0.05, 0) is 97.0 Å². The molecule has 2 aliphatic rings. The van der Waals surface area contributed by atoms with Crippen LogP contribution in [-0.4, -0.2) is 64.3 Å². The monoisotopic (exact) mass is 732 g/mol. The fourth-order valence-electron chi connectivity index (χ4n) is 7.42. The number of benzene rings is 2. The number of aryl methyl sites for hydroxylation is 3. The van der Waals surface area contributed by atoms with E-state index in [1.54, 1.807) is 20.2 Å². The summed E-state index contributed by atoms with van der Waals surface area (Å²) in [6, 6.07) is 1.19. The van der Waals surface area contributed by atoms with Crippen LogP contribution in [0.3, 0.4) is 0 Å². The zero-order valence-corrected chi connectivity index (χ0v) is 29.8. The van der Waals surface area contributed by atoms with Crippen molar-refractivity contribution in [1.82, 2.24) is 19.8 Å². The van der Waals surface area contributed by atoms with Crippen LogP contribution in [0.2, 0.25) is 0 Å². The van der Waals surface area contributed by atoms with Crippen molar-refractivity contribution in [3.05, 3.63) is 86.1 Å². The fraction of sp³-hybridized carbons (Fsp3) is 0.526. The number of hydrogen-bond acceptors (Lipinski definition) is 6. The molecular weight excluding hydrogens is 687 g/mol. The normalized spacial score (nSPS) is 20.7. The van der Waals surface area contributed by atoms with E-state index in [0.717, 1.165) is 24.7 Å². The lowest BCUT2D eigenvalue weighted by Crippen LogP contribution is -2.52. The van der Waals surface area contributed by atoms with Crippen molar-refractivity contribution in [2.75, 3.05) is 26.7 Å². The number of ether oxygens (including phenoxy) is 1. The van der Waals surface area contributed by atoms with Gasteiger partial charge in [-0.2, -0.15) is 18.2 Å². The Bertz CT molecular complexity index is 1860. The Balaban J connectivity index is 1.62. The number of carboxylic acid groups (broad SMARTS) is 1. The first-order valence-electron chi connectivity index (χ1n) is 17.7. The summed E-state index contributed by atoms with van der Waals surface area (Å²) < 4.78 is 80.4. The van der Waals surface area contributed by atoms with Gasteiger partial charge < -0.3 is 15.2 Å². The van der Waals surface area contributed by atoms with Gasteiger partial charge in [0.15, 0.2) is 0 Å². The number of alkyl halides is 3. The first-order valence-corrected chi connectivity index (χ1v) is 17.7. The minimum Gasteiger partial charge on any atom is -0.481 e. The number of likely N-dealkylation sites (tertiary alicyclic amines) is 1. The van der Waals surface area contributed by atoms with E-state index in [0.29, 0.717) is 68.0 Å². The molecule has 52 heavy (non-hydrogen) atoms. The summed E-state index contributed by atoms with van der Waals surface area (Å²) in [7, 11) is 1.65. The molecule has 14 heteroatoms. The third kappa shape index (κ3) is 8.88. The van der Waals surface area contributed by atoms with E-state index in [4.69, 9.17) is 4.74 Å². The zero-order valence-electron chi connectivity index (χ0n) is 29.8. The number of nitrogens with zero attached hydrogens (tertiary/aromatic N) is 3. The lowest BCUT2D eigenvalue weighted by atomic mass is 9.88. The summed E-state index contributed by atoms with van der Waals surface area (Å²) in [6.45, 7) is 7.47. The molecule has 0 aliphatic carbocycles. The molecule has 3 aromatic rings. The predicted octanol–water partition coefficient (Wildman–Crippen LogP) is 6.58. The topological polar surface area (TPSA) is 114 Å². The lowest BCUT2D eigenvalue weighted by Gasteiger charge is -2.38. The molecule has 0 saturated carbocycles. The van der Waals surface area contributed by atoms with E-state index in [2.05, 4.69) is 15.2 Å². The molecule has 2 aliphatic heterocycles. The summed E-state index contributed by atoms with van der Waals surface area (Å²) in [5.74, 6) is -4.81. The molecule has 9 nitrogen and oxygen atoms in total. The molecule has 3 atom stereocenters. The largest absolute Gasteiger partial charge is 0.481 e. The van der Waals surface area contributed by atoms with Gasteiger partial charge >= 0.3 is 17.8 Å². The molecule has 3 heterocycles. The summed E-state index contributed by atoms with van der Waals surface area (Å²) in [5, 5.41) is 12.4. The molecule has 5 rings (SSSR count). The first-order chi connectivity index (χ1) is 24.6. The lowest BCUT2D eigenvalue weighted by molar-refractivity contribution is -0.140. The van der Waals surface area contributed by atoms with Crippen LogP contribution in [0.15, 0.2) is 35.3 Å². The second-order valence-electron chi connectivity index (χ2n) is 14.1. The number of hydrogen-bond donors (Lipinski definition) is 2. The summed E-state index contributed by atoms with van der Waals surface area (Å²) in [6.07, 6.45) is -1.23. The maximum Gasteiger partial charge on any atom is 0.419 e. The van der Waals surface area contributed by atoms with Crippen molar-refractivity contribution in [3.8, 4) is 11.1 Å². The van der Waals surface area contributed by atoms with Gasteiger partial charge in [-0.25, -0.2) is 13.6 Å². The van der Waals surface area contributed by atoms with Gasteiger partial charge in [0, 0.05) is 38.5 Å². The highest BCUT2D eigenvalue weighted by Crippen LogP contribution is 2.41. The van der Waals surface area contributed by atoms with Crippen molar-refractivity contribution in [2.45, 2.75) is 96.5 Å². The van der Waals surface area contributed by atoms with E-state index < -0.39 is 65.0 Å². The van der Waals surface area contributed by atoms with Crippen molar-refractivity contribution >= 4 is 11.9 Å². The Morgan fingerprint density at radius 2 is 1.85 bits per heavy atom. The van der Waals surface area contributed by atoms with Crippen molar-refractivity contribution in [3.63, 3.8) is 0 Å². The van der Waals surface area contributed by atoms with Crippen LogP contribution in [0.5, 0.6) is 0 Å². The van der Waals surface area contributed by atoms with Gasteiger partial charge in [0.2, 0.25) is 5.91 Å². The molecule has 1 amide bonds. The molecule has 0 spiro atoms. The number of aromatic nitrogens is 2. The molecule has 1 fully saturated rings. The number of aliphatic carboxylic acids is 1. The van der Waals surface area contributed by atoms with E-state index in [1.807, 2.05) is 13.8 Å². The minimum atomic E-state index is -5.18. The van der Waals surface area contributed by atoms with Crippen molar-refractivity contribution < 1.29 is 41.4 Å². The molecule has 2 bridgehead atoms. The van der Waals surface area contributed by atoms with Crippen LogP contribution in [0.25, 0.3) is 11.1 Å². The van der Waals surface area contributed by atoms with Crippen molar-refractivity contribution in [2.24, 2.45) is 5.92 Å². The van der Waals surface area contributed by atoms with Gasteiger partial charge in [-0.15, -0.1) is 0 Å². The minimum absolute atomic E-state index is 0.0834. The highest BCUT2D eigenvalue weighted by atomic mass is 19.4. The summed E-state index contributed by atoms with van der Waals surface area (Å²) in [4.78, 5) is 46.4. The average molecular weight is 733 g/mol. The number of carbonyl (C=O) groups is 2. The molecule has 2 N–H and O–H groups in total. The van der Waals surface area contributed by atoms with E-state index in [-0.39, 0.29) is 29.6 Å². The first kappa shape index (κ1) is 39.0. The standard InChI is InChI=1S/C38H45F5N4O5/c1-5-30-24(10-11-46-19-27(20-46)52-4)18-47(37(51)45-30)32-12-21(2)8-6-7-9-23-14-26(39)13-22(3)34(23)25-15-28(31(17-33(48)49)44-36(32)50)35(40)29(16-25)38(41,42)43/h13-16,18,21,27,31-32H,5-12,17,19-20H2,1-4H3,(H,44,50)(H,48,49)/t21?,31-,32-/m0/s1. The SMILES string of the molecule is CCc1nc(=O)n([C@H]2CC(C)CCCCc3cc(F)cc(C)c3-c3cc(c(F)c(C(F)(F)F)c3)[C@H](CC(=O)O)NC2=O)cc1CCN1CC(OC)C1. The Morgan fingerprint density at radius 3 is 2.50 bits per heavy atom. The number of carboxylic acids is 1. The molecule has 282 valence electrons. The second kappa shape index (κ2) is 16.2. The number of rotatable bonds is 8. The fourth-order valence-corrected chi connectivity index (χ4v) is 7.42. The number of methoxy groups -OCH3 is 1. The summed E-state index contributed by atoms with van der Waals surface area (Å²) >= 11 is 0. The molecule has 1 unspecified atom stereocenters. The van der Waals surface area contributed by atoms with E-state index in [9.17, 15) is 37.1 Å². The van der Waals surface area contributed by atoms with Crippen LogP contribution in [0, 0.1) is 24.5 Å². The van der Waals surface area contributed by atoms with Crippen LogP contribution in [0.4, 0.5) is 22.0 Å². The quantitative estimate of drug-likeness (QED) is 0.252. The van der Waals surface area contributed by atoms with Gasteiger partial charge in [0.05, 0.1) is 29.8 Å². The Labute approximate surface area is 299 Å². The maximum atomic E-state index is 16.0. The second-order valence-corrected chi connectivity index (χ2v) is 14.1. The highest BCUT2D eigenvalue weighted by molar-refractivity contribution is 5.82. The van der Waals surface area contributed by atoms with Gasteiger partial charge in [0.1, 0.15) is 17.7 Å². The number of halogens is 5. The Morgan fingerprint density at radius 1 is 1.12 bits per heavy atom. The third-order valence-corrected chi connectivity index (χ3v) is 10.2. The van der Waals surface area contributed by atoms with Gasteiger partial charge in [0.25, 0.3) is 0 Å². The maximum absolute atomic E-state index is 16.0. The van der Waals surface area contributed by atoms with Gasteiger partial charge in [-0.3, -0.25) is 19.1 Å². The average Bonchev–Trinajstić information content (AvgIpc) is 3.04. The Hall–Kier alpha value is -4.17. The van der Waals surface area contributed by atoms with Crippen LogP contribution in [-0.2, 0) is 39.8 Å². The predicted molar refractivity (Wildman–Crippen MR) is 184 cm³/mol. The smallest absolute Gasteiger partial charge is 0.419 e. The van der Waals surface area contributed by atoms with Crippen LogP contribution in [0.1, 0.15) is 91.5 Å². The molecule has 2 aromatic carbocycles. The van der Waals surface area contributed by atoms with E-state index >= 15 is 4.39 Å². The molecule has 0 radical (unpaired) electrons. The number of carbonyl (C=O) groups excluding carboxylic acids is 1. The molecule has 1 aromatic heterocycles. The molecule has 1 saturated heterocycles. The van der Waals surface area contributed by atoms with Crippen LogP contribution < -0.4 is 11.0 Å². The summed E-state index contributed by atoms with van der Waals surface area (Å²) in [5.41, 5.74) is -0.764. The third-order valence-electron chi connectivity index (χ3n) is 10.2. The van der Waals surface area contributed by atoms with Gasteiger partial charge in [-0.1, -0.05) is 26.7 Å². The highest BCUT2D eigenvalue weighted by Gasteiger charge is 2.38. The van der Waals surface area contributed by atoms with Crippen LogP contribution >= 0.6 is 0 Å². The van der Waals surface area contributed by atoms with E-state index in [1.165, 1.54) is 16.7 Å². The Kier molecular flexibility index (Phi) is 12.2. The molecular formula is C38H45F5N4O5. The zero-order chi connectivity index (χ0) is 37.9. The number of amides is 1. The number of fused-ring (bicyclic) bond motifs is 4. The number of nitrogens with one attached hydrogen (secondary N) is 1.